The number of phenolic OH excluding ortho intramolecular Hbond substituents is 1. The number of benzene rings is 5. The largest absolute Gasteiger partial charge is 0.507 e. The van der Waals surface area contributed by atoms with Crippen molar-refractivity contribution in [2.75, 3.05) is 14.2 Å². The molecule has 0 fully saturated rings. The lowest BCUT2D eigenvalue weighted by Gasteiger charge is -2.20. The molecular weight excluding hydrogens is 548 g/mol. The highest BCUT2D eigenvalue weighted by atomic mass is 19.4. The average Bonchev–Trinajstić information content (AvgIpc) is 2.94. The van der Waals surface area contributed by atoms with Crippen molar-refractivity contribution in [3.05, 3.63) is 83.9 Å². The fourth-order valence-electron chi connectivity index (χ4n) is 5.25. The zero-order chi connectivity index (χ0) is 29.3. The number of nitrogens with zero attached hydrogens (tertiary/aromatic N) is 1. The first kappa shape index (κ1) is 26.5. The van der Waals surface area contributed by atoms with Gasteiger partial charge in [-0.15, -0.1) is 0 Å². The summed E-state index contributed by atoms with van der Waals surface area (Å²) in [6.45, 7) is 0. The highest BCUT2D eigenvalue weighted by molar-refractivity contribution is 6.24. The summed E-state index contributed by atoms with van der Waals surface area (Å²) < 4.78 is 94.2. The first-order valence-electron chi connectivity index (χ1n) is 12.2. The van der Waals surface area contributed by atoms with Crippen molar-refractivity contribution in [2.45, 2.75) is 12.4 Å². The van der Waals surface area contributed by atoms with Gasteiger partial charge in [0.1, 0.15) is 17.2 Å². The highest BCUT2D eigenvalue weighted by Crippen LogP contribution is 2.49. The monoisotopic (exact) mass is 567 g/mol. The Labute approximate surface area is 228 Å². The Kier molecular flexibility index (Phi) is 5.91. The van der Waals surface area contributed by atoms with Crippen LogP contribution in [0.5, 0.6) is 17.2 Å². The van der Waals surface area contributed by atoms with Gasteiger partial charge in [0.25, 0.3) is 0 Å². The zero-order valence-corrected chi connectivity index (χ0v) is 21.4. The summed E-state index contributed by atoms with van der Waals surface area (Å²) in [5.74, 6) is 0.628. The van der Waals surface area contributed by atoms with Crippen LogP contribution in [0, 0.1) is 0 Å². The molecule has 0 saturated heterocycles. The number of aromatic hydroxyl groups is 1. The van der Waals surface area contributed by atoms with Gasteiger partial charge in [0.15, 0.2) is 0 Å². The molecule has 0 unspecified atom stereocenters. The summed E-state index contributed by atoms with van der Waals surface area (Å²) in [7, 11) is 2.85. The number of hydrogen-bond donors (Lipinski definition) is 1. The fourth-order valence-corrected chi connectivity index (χ4v) is 5.25. The number of rotatable bonds is 3. The van der Waals surface area contributed by atoms with E-state index in [9.17, 15) is 31.4 Å². The SMILES string of the molecule is COc1ccc2c(O)c3ccc(OC)cc3c(-c3c4cc(C(F)(F)F)ccc4nc4ccc(C(F)(F)F)cc34)c2c1. The Morgan fingerprint density at radius 2 is 0.951 bits per heavy atom. The molecule has 0 aliphatic rings. The lowest BCUT2D eigenvalue weighted by Crippen LogP contribution is -2.06. The van der Waals surface area contributed by atoms with Gasteiger partial charge in [-0.1, -0.05) is 0 Å². The lowest BCUT2D eigenvalue weighted by molar-refractivity contribution is -0.138. The normalized spacial score (nSPS) is 12.5. The molecule has 0 spiro atoms. The van der Waals surface area contributed by atoms with Gasteiger partial charge in [0.05, 0.1) is 36.4 Å². The summed E-state index contributed by atoms with van der Waals surface area (Å²) in [5, 5.41) is 12.6. The van der Waals surface area contributed by atoms with Crippen LogP contribution in [-0.4, -0.2) is 24.3 Å². The third-order valence-corrected chi connectivity index (χ3v) is 7.18. The topological polar surface area (TPSA) is 51.6 Å². The van der Waals surface area contributed by atoms with Gasteiger partial charge < -0.3 is 14.6 Å². The minimum Gasteiger partial charge on any atom is -0.507 e. The zero-order valence-electron chi connectivity index (χ0n) is 21.4. The van der Waals surface area contributed by atoms with Crippen molar-refractivity contribution >= 4 is 43.4 Å². The van der Waals surface area contributed by atoms with E-state index in [-0.39, 0.29) is 33.1 Å². The molecule has 0 aliphatic carbocycles. The number of phenols is 1. The van der Waals surface area contributed by atoms with Crippen LogP contribution in [0.1, 0.15) is 11.1 Å². The van der Waals surface area contributed by atoms with Gasteiger partial charge in [-0.2, -0.15) is 26.3 Å². The molecule has 0 atom stereocenters. The molecule has 0 radical (unpaired) electrons. The number of methoxy groups -OCH3 is 2. The number of fused-ring (bicyclic) bond motifs is 4. The molecule has 10 heteroatoms. The molecule has 5 aromatic carbocycles. The molecule has 6 rings (SSSR count). The van der Waals surface area contributed by atoms with Crippen LogP contribution in [0.15, 0.2) is 72.8 Å². The number of hydrogen-bond acceptors (Lipinski definition) is 4. The molecular formula is C31H19F6NO3. The van der Waals surface area contributed by atoms with Crippen molar-refractivity contribution < 1.29 is 40.9 Å². The fraction of sp³-hybridized carbons (Fsp3) is 0.129. The quantitative estimate of drug-likeness (QED) is 0.171. The summed E-state index contributed by atoms with van der Waals surface area (Å²) in [5.41, 5.74) is -1.27. The summed E-state index contributed by atoms with van der Waals surface area (Å²) in [4.78, 5) is 4.42. The third kappa shape index (κ3) is 4.30. The number of aromatic nitrogens is 1. The predicted molar refractivity (Wildman–Crippen MR) is 144 cm³/mol. The van der Waals surface area contributed by atoms with Crippen molar-refractivity contribution in [3.8, 4) is 28.4 Å². The first-order chi connectivity index (χ1) is 19.4. The van der Waals surface area contributed by atoms with Crippen LogP contribution in [0.25, 0.3) is 54.5 Å². The van der Waals surface area contributed by atoms with E-state index >= 15 is 0 Å². The Balaban J connectivity index is 1.93. The second kappa shape index (κ2) is 9.15. The van der Waals surface area contributed by atoms with E-state index in [0.717, 1.165) is 24.3 Å². The van der Waals surface area contributed by atoms with Gasteiger partial charge in [0, 0.05) is 27.1 Å². The molecule has 0 aliphatic heterocycles. The van der Waals surface area contributed by atoms with Gasteiger partial charge in [-0.25, -0.2) is 4.98 Å². The maximum absolute atomic E-state index is 13.9. The molecule has 1 heterocycles. The lowest BCUT2D eigenvalue weighted by atomic mass is 9.86. The van der Waals surface area contributed by atoms with E-state index in [2.05, 4.69) is 4.98 Å². The predicted octanol–water partition coefficient (Wildman–Crippen LogP) is 9.12. The number of alkyl halides is 6. The van der Waals surface area contributed by atoms with Crippen molar-refractivity contribution in [3.63, 3.8) is 0 Å². The van der Waals surface area contributed by atoms with Crippen LogP contribution >= 0.6 is 0 Å². The van der Waals surface area contributed by atoms with Crippen LogP contribution in [0.3, 0.4) is 0 Å². The van der Waals surface area contributed by atoms with Crippen molar-refractivity contribution in [2.24, 2.45) is 0 Å². The molecule has 208 valence electrons. The molecule has 0 amide bonds. The van der Waals surface area contributed by atoms with Gasteiger partial charge >= 0.3 is 12.4 Å². The Bertz CT molecular complexity index is 1880. The standard InChI is InChI=1S/C31H19F6NO3/c1-40-17-5-7-19-21(13-17)27(22-14-18(41-2)6-8-20(22)29(19)39)28-23-11-15(30(32,33)34)3-9-25(23)38-26-10-4-16(12-24(26)28)31(35,36)37/h3-14,39H,1-2H3. The van der Waals surface area contributed by atoms with Crippen LogP contribution < -0.4 is 9.47 Å². The van der Waals surface area contributed by atoms with Gasteiger partial charge in [0.2, 0.25) is 0 Å². The van der Waals surface area contributed by atoms with Crippen LogP contribution in [0.2, 0.25) is 0 Å². The highest BCUT2D eigenvalue weighted by Gasteiger charge is 2.33. The number of pyridine rings is 1. The van der Waals surface area contributed by atoms with E-state index in [1.54, 1.807) is 36.4 Å². The Hall–Kier alpha value is -4.73. The maximum Gasteiger partial charge on any atom is 0.416 e. The van der Waals surface area contributed by atoms with E-state index in [0.29, 0.717) is 38.6 Å². The number of halogens is 6. The van der Waals surface area contributed by atoms with E-state index in [4.69, 9.17) is 9.47 Å². The molecule has 0 bridgehead atoms. The van der Waals surface area contributed by atoms with Crippen molar-refractivity contribution in [1.29, 1.82) is 0 Å². The minimum absolute atomic E-state index is 0.00872. The second-order valence-corrected chi connectivity index (χ2v) is 9.49. The minimum atomic E-state index is -4.72. The summed E-state index contributed by atoms with van der Waals surface area (Å²) in [6, 6.07) is 15.5. The Morgan fingerprint density at radius 3 is 1.34 bits per heavy atom. The molecule has 4 nitrogen and oxygen atoms in total. The Morgan fingerprint density at radius 1 is 0.537 bits per heavy atom. The van der Waals surface area contributed by atoms with E-state index in [1.807, 2.05) is 0 Å². The second-order valence-electron chi connectivity index (χ2n) is 9.49. The summed E-state index contributed by atoms with van der Waals surface area (Å²) >= 11 is 0. The van der Waals surface area contributed by atoms with Crippen molar-refractivity contribution in [1.82, 2.24) is 4.98 Å². The average molecular weight is 567 g/mol. The molecule has 6 aromatic rings. The van der Waals surface area contributed by atoms with Gasteiger partial charge in [-0.05, 0) is 89.1 Å². The smallest absolute Gasteiger partial charge is 0.416 e. The maximum atomic E-state index is 13.9. The first-order valence-corrected chi connectivity index (χ1v) is 12.2. The molecule has 41 heavy (non-hydrogen) atoms. The summed E-state index contributed by atoms with van der Waals surface area (Å²) in [6.07, 6.45) is -9.44. The van der Waals surface area contributed by atoms with Crippen LogP contribution in [-0.2, 0) is 12.4 Å². The van der Waals surface area contributed by atoms with Crippen LogP contribution in [0.4, 0.5) is 26.3 Å². The van der Waals surface area contributed by atoms with Gasteiger partial charge in [-0.3, -0.25) is 0 Å². The van der Waals surface area contributed by atoms with E-state index in [1.165, 1.54) is 26.4 Å². The molecule has 0 saturated carbocycles. The van der Waals surface area contributed by atoms with E-state index < -0.39 is 23.5 Å². The molecule has 1 aromatic heterocycles. The third-order valence-electron chi connectivity index (χ3n) is 7.18. The number of ether oxygens (including phenoxy) is 2. The molecule has 1 N–H and O–H groups in total.